The average molecular weight is 193 g/mol. The molecule has 0 aromatic heterocycles. The summed E-state index contributed by atoms with van der Waals surface area (Å²) in [6.45, 7) is -0.373. The second-order valence-corrected chi connectivity index (χ2v) is 3.06. The van der Waals surface area contributed by atoms with E-state index in [1.165, 1.54) is 11.8 Å². The summed E-state index contributed by atoms with van der Waals surface area (Å²) in [6, 6.07) is 0. The number of aliphatic carboxylic acids is 1. The molecule has 0 unspecified atom stereocenters. The Morgan fingerprint density at radius 3 is 2.58 bits per heavy atom. The fourth-order valence-electron chi connectivity index (χ4n) is 0.501. The minimum absolute atomic E-state index is 0.00635. The summed E-state index contributed by atoms with van der Waals surface area (Å²) in [4.78, 5) is 20.7. The zero-order valence-corrected chi connectivity index (χ0v) is 7.26. The van der Waals surface area contributed by atoms with Crippen molar-refractivity contribution in [2.75, 3.05) is 18.2 Å². The molecule has 0 aromatic carbocycles. The van der Waals surface area contributed by atoms with Gasteiger partial charge in [0.05, 0.1) is 5.75 Å². The van der Waals surface area contributed by atoms with Gasteiger partial charge in [0.15, 0.2) is 0 Å². The zero-order chi connectivity index (χ0) is 9.40. The van der Waals surface area contributed by atoms with Crippen LogP contribution in [0.3, 0.4) is 0 Å². The van der Waals surface area contributed by atoms with E-state index in [1.54, 1.807) is 0 Å². The van der Waals surface area contributed by atoms with Crippen molar-refractivity contribution < 1.29 is 19.8 Å². The van der Waals surface area contributed by atoms with E-state index in [1.807, 2.05) is 0 Å². The van der Waals surface area contributed by atoms with Gasteiger partial charge in [-0.25, -0.2) is 0 Å². The van der Waals surface area contributed by atoms with Crippen LogP contribution >= 0.6 is 11.8 Å². The molecule has 0 aromatic rings. The summed E-state index contributed by atoms with van der Waals surface area (Å²) in [5, 5.41) is 18.7. The Hall–Kier alpha value is -0.750. The van der Waals surface area contributed by atoms with Crippen molar-refractivity contribution >= 4 is 23.6 Å². The number of thioether (sulfide) groups is 1. The molecule has 0 radical (unpaired) electrons. The molecular weight excluding hydrogens is 182 g/mol. The predicted octanol–water partition coefficient (Wildman–Crippen LogP) is -0.740. The number of hydrogen-bond donors (Lipinski definition) is 3. The Morgan fingerprint density at radius 2 is 2.08 bits per heavy atom. The minimum Gasteiger partial charge on any atom is -0.481 e. The summed E-state index contributed by atoms with van der Waals surface area (Å²) in [6.07, 6.45) is 0.235. The fourth-order valence-corrected chi connectivity index (χ4v) is 1.15. The van der Waals surface area contributed by atoms with Crippen LogP contribution in [0, 0.1) is 0 Å². The number of aliphatic hydroxyl groups excluding tert-OH is 1. The van der Waals surface area contributed by atoms with Gasteiger partial charge in [0.25, 0.3) is 0 Å². The molecule has 70 valence electrons. The molecule has 5 nitrogen and oxygen atoms in total. The average Bonchev–Trinajstić information content (AvgIpc) is 1.98. The first kappa shape index (κ1) is 11.2. The highest BCUT2D eigenvalue weighted by molar-refractivity contribution is 7.99. The Labute approximate surface area is 74.1 Å². The van der Waals surface area contributed by atoms with Gasteiger partial charge in [0.1, 0.15) is 6.73 Å². The quantitative estimate of drug-likeness (QED) is 0.382. The third-order valence-electron chi connectivity index (χ3n) is 0.975. The summed E-state index contributed by atoms with van der Waals surface area (Å²) in [5.74, 6) is -0.692. The molecule has 0 bridgehead atoms. The van der Waals surface area contributed by atoms with Crippen LogP contribution in [0.5, 0.6) is 0 Å². The molecule has 0 atom stereocenters. The lowest BCUT2D eigenvalue weighted by Gasteiger charge is -1.99. The van der Waals surface area contributed by atoms with Gasteiger partial charge in [-0.3, -0.25) is 9.59 Å². The lowest BCUT2D eigenvalue weighted by molar-refractivity contribution is -0.134. The molecule has 0 aliphatic rings. The molecule has 0 heterocycles. The SMILES string of the molecule is O=C(O)CSCCC(=O)NCO. The van der Waals surface area contributed by atoms with E-state index in [-0.39, 0.29) is 24.8 Å². The zero-order valence-electron chi connectivity index (χ0n) is 6.45. The van der Waals surface area contributed by atoms with Gasteiger partial charge in [0, 0.05) is 12.2 Å². The van der Waals surface area contributed by atoms with E-state index in [0.717, 1.165) is 0 Å². The van der Waals surface area contributed by atoms with Gasteiger partial charge >= 0.3 is 5.97 Å². The number of carbonyl (C=O) groups is 2. The molecule has 0 spiro atoms. The molecule has 1 amide bonds. The number of hydrogen-bond acceptors (Lipinski definition) is 4. The number of nitrogens with one attached hydrogen (secondary N) is 1. The van der Waals surface area contributed by atoms with Crippen LogP contribution in [0.15, 0.2) is 0 Å². The van der Waals surface area contributed by atoms with Crippen LogP contribution in [-0.2, 0) is 9.59 Å². The van der Waals surface area contributed by atoms with Crippen LogP contribution in [0.2, 0.25) is 0 Å². The Bertz CT molecular complexity index is 162. The van der Waals surface area contributed by atoms with Gasteiger partial charge in [0.2, 0.25) is 5.91 Å². The number of carbonyl (C=O) groups excluding carboxylic acids is 1. The van der Waals surface area contributed by atoms with Crippen molar-refractivity contribution in [1.82, 2.24) is 5.32 Å². The van der Waals surface area contributed by atoms with Gasteiger partial charge in [-0.15, -0.1) is 11.8 Å². The lowest BCUT2D eigenvalue weighted by Crippen LogP contribution is -2.24. The van der Waals surface area contributed by atoms with E-state index in [4.69, 9.17) is 10.2 Å². The molecule has 0 aliphatic heterocycles. The predicted molar refractivity (Wildman–Crippen MR) is 44.8 cm³/mol. The van der Waals surface area contributed by atoms with Gasteiger partial charge in [-0.2, -0.15) is 0 Å². The fraction of sp³-hybridized carbons (Fsp3) is 0.667. The van der Waals surface area contributed by atoms with Crippen molar-refractivity contribution in [2.24, 2.45) is 0 Å². The number of carboxylic acids is 1. The van der Waals surface area contributed by atoms with Crippen LogP contribution in [0.4, 0.5) is 0 Å². The van der Waals surface area contributed by atoms with E-state index in [2.05, 4.69) is 5.32 Å². The highest BCUT2D eigenvalue weighted by Gasteiger charge is 2.01. The summed E-state index contributed by atoms with van der Waals surface area (Å²) in [5.41, 5.74) is 0. The first-order valence-corrected chi connectivity index (χ1v) is 4.49. The van der Waals surface area contributed by atoms with Crippen LogP contribution in [0.1, 0.15) is 6.42 Å². The topological polar surface area (TPSA) is 86.6 Å². The summed E-state index contributed by atoms with van der Waals surface area (Å²) < 4.78 is 0. The maximum atomic E-state index is 10.7. The van der Waals surface area contributed by atoms with Crippen molar-refractivity contribution in [1.29, 1.82) is 0 Å². The molecule has 6 heteroatoms. The number of rotatable bonds is 6. The standard InChI is InChI=1S/C6H11NO4S/c8-4-7-5(9)1-2-12-3-6(10)11/h8H,1-4H2,(H,7,9)(H,10,11). The first-order chi connectivity index (χ1) is 5.66. The van der Waals surface area contributed by atoms with Gasteiger partial charge < -0.3 is 15.5 Å². The summed E-state index contributed by atoms with van der Waals surface area (Å²) in [7, 11) is 0. The van der Waals surface area contributed by atoms with Crippen LogP contribution in [-0.4, -0.2) is 40.3 Å². The number of carboxylic acid groups (broad SMARTS) is 1. The largest absolute Gasteiger partial charge is 0.481 e. The Balaban J connectivity index is 3.19. The van der Waals surface area contributed by atoms with Crippen LogP contribution < -0.4 is 5.32 Å². The first-order valence-electron chi connectivity index (χ1n) is 3.34. The van der Waals surface area contributed by atoms with E-state index in [9.17, 15) is 9.59 Å². The maximum absolute atomic E-state index is 10.7. The lowest BCUT2D eigenvalue weighted by atomic mass is 10.5. The van der Waals surface area contributed by atoms with Gasteiger partial charge in [-0.1, -0.05) is 0 Å². The number of aliphatic hydroxyl groups is 1. The van der Waals surface area contributed by atoms with Crippen LogP contribution in [0.25, 0.3) is 0 Å². The van der Waals surface area contributed by atoms with Gasteiger partial charge in [-0.05, 0) is 0 Å². The summed E-state index contributed by atoms with van der Waals surface area (Å²) >= 11 is 1.17. The minimum atomic E-state index is -0.887. The smallest absolute Gasteiger partial charge is 0.313 e. The van der Waals surface area contributed by atoms with Crippen molar-refractivity contribution in [3.05, 3.63) is 0 Å². The Morgan fingerprint density at radius 1 is 1.42 bits per heavy atom. The monoisotopic (exact) mass is 193 g/mol. The highest BCUT2D eigenvalue weighted by atomic mass is 32.2. The normalized spacial score (nSPS) is 9.42. The van der Waals surface area contributed by atoms with E-state index in [0.29, 0.717) is 5.75 Å². The molecule has 0 saturated heterocycles. The molecular formula is C6H11NO4S. The third-order valence-corrected chi connectivity index (χ3v) is 1.92. The maximum Gasteiger partial charge on any atom is 0.313 e. The van der Waals surface area contributed by atoms with Crippen molar-refractivity contribution in [3.8, 4) is 0 Å². The highest BCUT2D eigenvalue weighted by Crippen LogP contribution is 2.01. The number of amides is 1. The molecule has 0 aliphatic carbocycles. The molecule has 0 saturated carbocycles. The van der Waals surface area contributed by atoms with Crippen molar-refractivity contribution in [3.63, 3.8) is 0 Å². The molecule has 0 fully saturated rings. The molecule has 3 N–H and O–H groups in total. The van der Waals surface area contributed by atoms with E-state index < -0.39 is 5.97 Å². The third kappa shape index (κ3) is 7.36. The van der Waals surface area contributed by atoms with E-state index >= 15 is 0 Å². The Kier molecular flexibility index (Phi) is 6.50. The second kappa shape index (κ2) is 6.93. The molecule has 0 rings (SSSR count). The molecule has 12 heavy (non-hydrogen) atoms. The van der Waals surface area contributed by atoms with Crippen molar-refractivity contribution in [2.45, 2.75) is 6.42 Å². The second-order valence-electron chi connectivity index (χ2n) is 1.95.